The summed E-state index contributed by atoms with van der Waals surface area (Å²) in [6.45, 7) is 4.96. The monoisotopic (exact) mass is 265 g/mol. The lowest BCUT2D eigenvalue weighted by molar-refractivity contribution is -0.110. The number of amides is 1. The van der Waals surface area contributed by atoms with Gasteiger partial charge in [-0.05, 0) is 36.8 Å². The molecule has 0 unspecified atom stereocenters. The van der Waals surface area contributed by atoms with Crippen molar-refractivity contribution >= 4 is 17.2 Å². The van der Waals surface area contributed by atoms with Gasteiger partial charge in [0.25, 0.3) is 5.91 Å². The van der Waals surface area contributed by atoms with Crippen molar-refractivity contribution in [1.82, 2.24) is 4.90 Å². The lowest BCUT2D eigenvalue weighted by Gasteiger charge is -2.48. The van der Waals surface area contributed by atoms with Crippen molar-refractivity contribution in [3.05, 3.63) is 21.4 Å². The Bertz CT molecular complexity index is 464. The standard InChI is InChI=1S/C14H19NO2S/c1-9(2)14(17)7-15(8-14)13(16)12-6-10-4-3-5-11(10)18-12/h6,9,17H,3-5,7-8H2,1-2H3. The van der Waals surface area contributed by atoms with Gasteiger partial charge in [-0.2, -0.15) is 0 Å². The van der Waals surface area contributed by atoms with Crippen LogP contribution in [0.1, 0.15) is 40.4 Å². The molecule has 4 heteroatoms. The molecule has 1 amide bonds. The van der Waals surface area contributed by atoms with E-state index >= 15 is 0 Å². The largest absolute Gasteiger partial charge is 0.386 e. The Morgan fingerprint density at radius 2 is 2.17 bits per heavy atom. The highest BCUT2D eigenvalue weighted by Crippen LogP contribution is 2.34. The Morgan fingerprint density at radius 1 is 1.44 bits per heavy atom. The van der Waals surface area contributed by atoms with Crippen LogP contribution in [0, 0.1) is 5.92 Å². The van der Waals surface area contributed by atoms with E-state index in [1.165, 1.54) is 16.9 Å². The molecular formula is C14H19NO2S. The SMILES string of the molecule is CC(C)C1(O)CN(C(=O)c2cc3c(s2)CCC3)C1. The number of fused-ring (bicyclic) bond motifs is 1. The maximum Gasteiger partial charge on any atom is 0.264 e. The summed E-state index contributed by atoms with van der Waals surface area (Å²) in [6, 6.07) is 2.06. The lowest BCUT2D eigenvalue weighted by Crippen LogP contribution is -2.65. The molecule has 0 radical (unpaired) electrons. The van der Waals surface area contributed by atoms with Gasteiger partial charge in [-0.1, -0.05) is 13.8 Å². The van der Waals surface area contributed by atoms with Gasteiger partial charge >= 0.3 is 0 Å². The van der Waals surface area contributed by atoms with Crippen LogP contribution in [0.25, 0.3) is 0 Å². The Labute approximate surface area is 111 Å². The summed E-state index contributed by atoms with van der Waals surface area (Å²) in [5, 5.41) is 10.2. The number of likely N-dealkylation sites (tertiary alicyclic amines) is 1. The molecule has 3 nitrogen and oxygen atoms in total. The summed E-state index contributed by atoms with van der Waals surface area (Å²) in [6.07, 6.45) is 3.48. The van der Waals surface area contributed by atoms with Gasteiger partial charge in [0.15, 0.2) is 0 Å². The fourth-order valence-electron chi connectivity index (χ4n) is 2.71. The average Bonchev–Trinajstić information content (AvgIpc) is 2.83. The molecule has 98 valence electrons. The minimum Gasteiger partial charge on any atom is -0.386 e. The number of β-amino-alcohol motifs (C(OH)–C–C–N with tert-alkyl or cyclic N) is 1. The van der Waals surface area contributed by atoms with Crippen molar-refractivity contribution in [2.75, 3.05) is 13.1 Å². The Morgan fingerprint density at radius 3 is 2.78 bits per heavy atom. The van der Waals surface area contributed by atoms with Gasteiger partial charge in [0, 0.05) is 4.88 Å². The first-order valence-electron chi connectivity index (χ1n) is 6.63. The van der Waals surface area contributed by atoms with Crippen molar-refractivity contribution < 1.29 is 9.90 Å². The van der Waals surface area contributed by atoms with Crippen LogP contribution >= 0.6 is 11.3 Å². The van der Waals surface area contributed by atoms with Gasteiger partial charge in [-0.3, -0.25) is 4.79 Å². The number of hydrogen-bond donors (Lipinski definition) is 1. The number of nitrogens with zero attached hydrogens (tertiary/aromatic N) is 1. The van der Waals surface area contributed by atoms with E-state index in [2.05, 4.69) is 6.07 Å². The number of thiophene rings is 1. The zero-order valence-corrected chi connectivity index (χ0v) is 11.7. The normalized spacial score (nSPS) is 21.0. The molecule has 1 aliphatic carbocycles. The van der Waals surface area contributed by atoms with Gasteiger partial charge in [-0.15, -0.1) is 11.3 Å². The predicted octanol–water partition coefficient (Wildman–Crippen LogP) is 2.08. The Hall–Kier alpha value is -0.870. The van der Waals surface area contributed by atoms with Crippen molar-refractivity contribution in [2.45, 2.75) is 38.7 Å². The topological polar surface area (TPSA) is 40.5 Å². The van der Waals surface area contributed by atoms with Crippen LogP contribution in [-0.4, -0.2) is 34.6 Å². The van der Waals surface area contributed by atoms with Crippen LogP contribution in [0.15, 0.2) is 6.07 Å². The van der Waals surface area contributed by atoms with E-state index in [0.29, 0.717) is 13.1 Å². The van der Waals surface area contributed by atoms with Crippen molar-refractivity contribution in [3.8, 4) is 0 Å². The molecule has 1 aliphatic heterocycles. The zero-order chi connectivity index (χ0) is 12.9. The molecule has 1 N–H and O–H groups in total. The second kappa shape index (κ2) is 4.07. The Kier molecular flexibility index (Phi) is 2.75. The summed E-state index contributed by atoms with van der Waals surface area (Å²) in [4.78, 5) is 16.3. The molecule has 0 aromatic carbocycles. The molecule has 2 heterocycles. The molecule has 1 fully saturated rings. The molecule has 2 aliphatic rings. The number of aryl methyl sites for hydroxylation is 2. The van der Waals surface area contributed by atoms with Crippen LogP contribution in [0.5, 0.6) is 0 Å². The molecule has 0 spiro atoms. The lowest BCUT2D eigenvalue weighted by atomic mass is 9.83. The smallest absolute Gasteiger partial charge is 0.264 e. The van der Waals surface area contributed by atoms with E-state index in [0.717, 1.165) is 17.7 Å². The Balaban J connectivity index is 1.69. The summed E-state index contributed by atoms with van der Waals surface area (Å²) in [7, 11) is 0. The molecule has 0 saturated carbocycles. The first kappa shape index (κ1) is 12.2. The van der Waals surface area contributed by atoms with E-state index in [4.69, 9.17) is 0 Å². The van der Waals surface area contributed by atoms with Crippen LogP contribution < -0.4 is 0 Å². The minimum absolute atomic E-state index is 0.0970. The molecule has 0 atom stereocenters. The van der Waals surface area contributed by atoms with Crippen molar-refractivity contribution in [3.63, 3.8) is 0 Å². The highest BCUT2D eigenvalue weighted by molar-refractivity contribution is 7.14. The second-order valence-corrected chi connectivity index (χ2v) is 6.97. The quantitative estimate of drug-likeness (QED) is 0.889. The van der Waals surface area contributed by atoms with E-state index < -0.39 is 5.60 Å². The highest BCUT2D eigenvalue weighted by atomic mass is 32.1. The maximum atomic E-state index is 12.3. The van der Waals surface area contributed by atoms with Crippen LogP contribution in [-0.2, 0) is 12.8 Å². The molecule has 1 saturated heterocycles. The van der Waals surface area contributed by atoms with Crippen LogP contribution in [0.2, 0.25) is 0 Å². The number of carbonyl (C=O) groups excluding carboxylic acids is 1. The van der Waals surface area contributed by atoms with Gasteiger partial charge in [0.2, 0.25) is 0 Å². The third kappa shape index (κ3) is 1.79. The second-order valence-electron chi connectivity index (χ2n) is 5.83. The van der Waals surface area contributed by atoms with Gasteiger partial charge in [0.05, 0.1) is 18.0 Å². The first-order valence-corrected chi connectivity index (χ1v) is 7.44. The van der Waals surface area contributed by atoms with Crippen molar-refractivity contribution in [2.24, 2.45) is 5.92 Å². The third-order valence-corrected chi connectivity index (χ3v) is 5.47. The van der Waals surface area contributed by atoms with Crippen molar-refractivity contribution in [1.29, 1.82) is 0 Å². The van der Waals surface area contributed by atoms with E-state index in [-0.39, 0.29) is 11.8 Å². The van der Waals surface area contributed by atoms with E-state index in [1.54, 1.807) is 16.2 Å². The maximum absolute atomic E-state index is 12.3. The molecule has 0 bridgehead atoms. The number of carbonyl (C=O) groups is 1. The predicted molar refractivity (Wildman–Crippen MR) is 72.0 cm³/mol. The number of rotatable bonds is 2. The number of aliphatic hydroxyl groups is 1. The summed E-state index contributed by atoms with van der Waals surface area (Å²) < 4.78 is 0. The molecule has 3 rings (SSSR count). The summed E-state index contributed by atoms with van der Waals surface area (Å²) >= 11 is 1.64. The average molecular weight is 265 g/mol. The van der Waals surface area contributed by atoms with Gasteiger partial charge in [-0.25, -0.2) is 0 Å². The zero-order valence-electron chi connectivity index (χ0n) is 10.9. The molecule has 18 heavy (non-hydrogen) atoms. The highest BCUT2D eigenvalue weighted by Gasteiger charge is 2.46. The first-order chi connectivity index (χ1) is 8.49. The number of hydrogen-bond acceptors (Lipinski definition) is 3. The van der Waals surface area contributed by atoms with Gasteiger partial charge < -0.3 is 10.0 Å². The third-order valence-electron chi connectivity index (χ3n) is 4.25. The van der Waals surface area contributed by atoms with E-state index in [9.17, 15) is 9.90 Å². The molecule has 1 aromatic rings. The van der Waals surface area contributed by atoms with E-state index in [1.807, 2.05) is 13.8 Å². The fraction of sp³-hybridized carbons (Fsp3) is 0.643. The van der Waals surface area contributed by atoms with Crippen LogP contribution in [0.3, 0.4) is 0 Å². The van der Waals surface area contributed by atoms with Gasteiger partial charge in [0.1, 0.15) is 5.60 Å². The fourth-order valence-corrected chi connectivity index (χ4v) is 3.94. The summed E-state index contributed by atoms with van der Waals surface area (Å²) in [5.74, 6) is 0.301. The molecule has 1 aromatic heterocycles. The molecular weight excluding hydrogens is 246 g/mol. The van der Waals surface area contributed by atoms with Crippen LogP contribution in [0.4, 0.5) is 0 Å². The minimum atomic E-state index is -0.671. The summed E-state index contributed by atoms with van der Waals surface area (Å²) in [5.41, 5.74) is 0.693.